The minimum Gasteiger partial charge on any atom is -0.343 e. The second-order valence-corrected chi connectivity index (χ2v) is 8.31. The lowest BCUT2D eigenvalue weighted by Gasteiger charge is -2.38. The van der Waals surface area contributed by atoms with Gasteiger partial charge in [0.25, 0.3) is 0 Å². The first-order chi connectivity index (χ1) is 13.0. The van der Waals surface area contributed by atoms with Gasteiger partial charge in [-0.15, -0.1) is 0 Å². The molecule has 0 aromatic carbocycles. The fourth-order valence-corrected chi connectivity index (χ4v) is 4.35. The molecular weight excluding hydrogens is 340 g/mol. The normalized spacial score (nSPS) is 20.3. The van der Waals surface area contributed by atoms with E-state index in [0.717, 1.165) is 18.4 Å². The number of likely N-dealkylation sites (tertiary alicyclic amines) is 1. The van der Waals surface area contributed by atoms with Crippen molar-refractivity contribution in [2.75, 3.05) is 25.0 Å². The van der Waals surface area contributed by atoms with Crippen molar-refractivity contribution in [1.29, 1.82) is 0 Å². The third-order valence-corrected chi connectivity index (χ3v) is 6.25. The van der Waals surface area contributed by atoms with Crippen molar-refractivity contribution >= 4 is 17.6 Å². The monoisotopic (exact) mass is 372 g/mol. The number of carbonyl (C=O) groups is 2. The summed E-state index contributed by atoms with van der Waals surface area (Å²) in [6.45, 7) is 3.87. The van der Waals surface area contributed by atoms with Crippen LogP contribution in [0.1, 0.15) is 56.9 Å². The van der Waals surface area contributed by atoms with Crippen molar-refractivity contribution in [3.8, 4) is 0 Å². The Morgan fingerprint density at radius 1 is 1.22 bits per heavy atom. The summed E-state index contributed by atoms with van der Waals surface area (Å²) in [7, 11) is 0. The fourth-order valence-electron chi connectivity index (χ4n) is 4.35. The van der Waals surface area contributed by atoms with Crippen LogP contribution in [0.3, 0.4) is 0 Å². The van der Waals surface area contributed by atoms with Gasteiger partial charge in [-0.05, 0) is 56.2 Å². The standard InChI is InChI=1S/C21H32N4O2/c1-16-5-6-18(23-14-16)24-20(27)17-7-11-25(12-8-17)19(26)13-21(15-22)9-3-2-4-10-21/h5-6,14,17H,2-4,7-13,15,22H2,1H3,(H,23,24,27). The van der Waals surface area contributed by atoms with Gasteiger partial charge in [0.2, 0.25) is 11.8 Å². The molecule has 1 saturated heterocycles. The number of aryl methyl sites for hydroxylation is 1. The number of nitrogens with zero attached hydrogens (tertiary/aromatic N) is 2. The van der Waals surface area contributed by atoms with Crippen LogP contribution in [0, 0.1) is 18.3 Å². The highest BCUT2D eigenvalue weighted by molar-refractivity contribution is 5.91. The molecule has 2 aliphatic rings. The van der Waals surface area contributed by atoms with Gasteiger partial charge in [0.05, 0.1) is 0 Å². The van der Waals surface area contributed by atoms with E-state index in [1.165, 1.54) is 19.3 Å². The lowest BCUT2D eigenvalue weighted by atomic mass is 9.71. The first-order valence-corrected chi connectivity index (χ1v) is 10.2. The summed E-state index contributed by atoms with van der Waals surface area (Å²) in [5.74, 6) is 0.743. The number of anilines is 1. The highest BCUT2D eigenvalue weighted by atomic mass is 16.2. The van der Waals surface area contributed by atoms with Gasteiger partial charge in [0.1, 0.15) is 5.82 Å². The van der Waals surface area contributed by atoms with Gasteiger partial charge >= 0.3 is 0 Å². The first kappa shape index (κ1) is 19.8. The van der Waals surface area contributed by atoms with Crippen LogP contribution in [0.5, 0.6) is 0 Å². The third-order valence-electron chi connectivity index (χ3n) is 6.25. The molecule has 0 atom stereocenters. The molecule has 1 aliphatic carbocycles. The quantitative estimate of drug-likeness (QED) is 0.832. The van der Waals surface area contributed by atoms with Crippen molar-refractivity contribution in [3.05, 3.63) is 23.9 Å². The highest BCUT2D eigenvalue weighted by Gasteiger charge is 2.35. The number of aromatic nitrogens is 1. The molecule has 0 bridgehead atoms. The number of piperidine rings is 1. The van der Waals surface area contributed by atoms with Crippen molar-refractivity contribution in [2.45, 2.75) is 58.3 Å². The molecule has 148 valence electrons. The number of hydrogen-bond donors (Lipinski definition) is 2. The fraction of sp³-hybridized carbons (Fsp3) is 0.667. The van der Waals surface area contributed by atoms with Gasteiger partial charge in [-0.2, -0.15) is 0 Å². The minimum absolute atomic E-state index is 0.000661. The molecule has 2 fully saturated rings. The topological polar surface area (TPSA) is 88.3 Å². The van der Waals surface area contributed by atoms with E-state index in [2.05, 4.69) is 10.3 Å². The van der Waals surface area contributed by atoms with Gasteiger partial charge in [0, 0.05) is 31.6 Å². The van der Waals surface area contributed by atoms with E-state index in [1.807, 2.05) is 24.0 Å². The van der Waals surface area contributed by atoms with Crippen LogP contribution >= 0.6 is 0 Å². The number of nitrogens with one attached hydrogen (secondary N) is 1. The molecule has 6 nitrogen and oxygen atoms in total. The van der Waals surface area contributed by atoms with E-state index in [4.69, 9.17) is 5.73 Å². The lowest BCUT2D eigenvalue weighted by Crippen LogP contribution is -2.45. The molecule has 0 radical (unpaired) electrons. The number of hydrogen-bond acceptors (Lipinski definition) is 4. The molecular formula is C21H32N4O2. The smallest absolute Gasteiger partial charge is 0.228 e. The maximum Gasteiger partial charge on any atom is 0.228 e. The largest absolute Gasteiger partial charge is 0.343 e. The van der Waals surface area contributed by atoms with Crippen molar-refractivity contribution in [3.63, 3.8) is 0 Å². The molecule has 1 aromatic rings. The zero-order valence-corrected chi connectivity index (χ0v) is 16.4. The van der Waals surface area contributed by atoms with Gasteiger partial charge in [-0.3, -0.25) is 9.59 Å². The Balaban J connectivity index is 1.48. The second kappa shape index (κ2) is 8.83. The third kappa shape index (κ3) is 5.06. The van der Waals surface area contributed by atoms with E-state index < -0.39 is 0 Å². The Morgan fingerprint density at radius 2 is 1.93 bits per heavy atom. The summed E-state index contributed by atoms with van der Waals surface area (Å²) < 4.78 is 0. The van der Waals surface area contributed by atoms with Crippen molar-refractivity contribution in [1.82, 2.24) is 9.88 Å². The van der Waals surface area contributed by atoms with E-state index in [1.54, 1.807) is 6.20 Å². The Bertz CT molecular complexity index is 645. The van der Waals surface area contributed by atoms with Crippen LogP contribution in [0.2, 0.25) is 0 Å². The van der Waals surface area contributed by atoms with E-state index in [9.17, 15) is 9.59 Å². The van der Waals surface area contributed by atoms with Crippen LogP contribution in [0.15, 0.2) is 18.3 Å². The number of pyridine rings is 1. The molecule has 0 unspecified atom stereocenters. The predicted octanol–water partition coefficient (Wildman–Crippen LogP) is 2.87. The molecule has 3 rings (SSSR count). The van der Waals surface area contributed by atoms with E-state index in [-0.39, 0.29) is 23.1 Å². The zero-order chi connectivity index (χ0) is 19.3. The van der Waals surface area contributed by atoms with Gasteiger partial charge in [-0.25, -0.2) is 4.98 Å². The van der Waals surface area contributed by atoms with Gasteiger partial charge in [0.15, 0.2) is 0 Å². The number of rotatable bonds is 5. The van der Waals surface area contributed by atoms with Crippen molar-refractivity contribution in [2.24, 2.45) is 17.1 Å². The van der Waals surface area contributed by atoms with Crippen molar-refractivity contribution < 1.29 is 9.59 Å². The lowest BCUT2D eigenvalue weighted by molar-refractivity contribution is -0.137. The van der Waals surface area contributed by atoms with E-state index >= 15 is 0 Å². The summed E-state index contributed by atoms with van der Waals surface area (Å²) in [4.78, 5) is 31.4. The first-order valence-electron chi connectivity index (χ1n) is 10.2. The highest BCUT2D eigenvalue weighted by Crippen LogP contribution is 2.39. The SMILES string of the molecule is Cc1ccc(NC(=O)C2CCN(C(=O)CC3(CN)CCCCC3)CC2)nc1. The zero-order valence-electron chi connectivity index (χ0n) is 16.4. The van der Waals surface area contributed by atoms with Crippen LogP contribution in [0.4, 0.5) is 5.82 Å². The van der Waals surface area contributed by atoms with Crippen LogP contribution in [0.25, 0.3) is 0 Å². The average molecular weight is 373 g/mol. The minimum atomic E-state index is -0.0599. The Hall–Kier alpha value is -1.95. The summed E-state index contributed by atoms with van der Waals surface area (Å²) in [5.41, 5.74) is 7.09. The molecule has 2 heterocycles. The molecule has 6 heteroatoms. The molecule has 2 amide bonds. The Labute approximate surface area is 161 Å². The summed E-state index contributed by atoms with van der Waals surface area (Å²) in [6.07, 6.45) is 9.47. The average Bonchev–Trinajstić information content (AvgIpc) is 2.70. The van der Waals surface area contributed by atoms with Crippen LogP contribution < -0.4 is 11.1 Å². The summed E-state index contributed by atoms with van der Waals surface area (Å²) in [5, 5.41) is 2.89. The maximum absolute atomic E-state index is 12.8. The van der Waals surface area contributed by atoms with Crippen LogP contribution in [-0.4, -0.2) is 41.3 Å². The predicted molar refractivity (Wildman–Crippen MR) is 106 cm³/mol. The summed E-state index contributed by atoms with van der Waals surface area (Å²) >= 11 is 0. The second-order valence-electron chi connectivity index (χ2n) is 8.31. The number of nitrogens with two attached hydrogens (primary N) is 1. The maximum atomic E-state index is 12.8. The molecule has 0 spiro atoms. The number of amides is 2. The molecule has 1 saturated carbocycles. The van der Waals surface area contributed by atoms with Gasteiger partial charge in [-0.1, -0.05) is 25.3 Å². The molecule has 27 heavy (non-hydrogen) atoms. The Morgan fingerprint density at radius 3 is 2.52 bits per heavy atom. The van der Waals surface area contributed by atoms with Crippen LogP contribution in [-0.2, 0) is 9.59 Å². The summed E-state index contributed by atoms with van der Waals surface area (Å²) in [6, 6.07) is 3.75. The Kier molecular flexibility index (Phi) is 6.47. The molecule has 3 N–H and O–H groups in total. The molecule has 1 aliphatic heterocycles. The molecule has 1 aromatic heterocycles. The number of carbonyl (C=O) groups excluding carboxylic acids is 2. The van der Waals surface area contributed by atoms with Gasteiger partial charge < -0.3 is 16.0 Å². The van der Waals surface area contributed by atoms with E-state index in [0.29, 0.717) is 44.7 Å².